The van der Waals surface area contributed by atoms with Gasteiger partial charge in [0.15, 0.2) is 5.69 Å². The molecule has 2 aromatic heterocycles. The Kier molecular flexibility index (Phi) is 5.08. The second-order valence-corrected chi connectivity index (χ2v) is 7.81. The average Bonchev–Trinajstić information content (AvgIpc) is 2.94. The second-order valence-electron chi connectivity index (χ2n) is 7.43. The van der Waals surface area contributed by atoms with E-state index in [2.05, 4.69) is 31.2 Å². The van der Waals surface area contributed by atoms with Gasteiger partial charge in [-0.1, -0.05) is 17.7 Å². The van der Waals surface area contributed by atoms with Gasteiger partial charge in [-0.25, -0.2) is 9.51 Å². The molecule has 2 aromatic rings. The molecular weight excluding hydrogens is 366 g/mol. The summed E-state index contributed by atoms with van der Waals surface area (Å²) in [6, 6.07) is 5.67. The third-order valence-electron chi connectivity index (χ3n) is 4.14. The first-order valence-corrected chi connectivity index (χ1v) is 8.93. The molecule has 2 heterocycles. The van der Waals surface area contributed by atoms with E-state index in [-0.39, 0.29) is 16.5 Å². The summed E-state index contributed by atoms with van der Waals surface area (Å²) in [5, 5.41) is 4.46. The molecular formula is C19H23ClN5O2+. The van der Waals surface area contributed by atoms with Crippen molar-refractivity contribution in [3.8, 4) is 5.88 Å². The Morgan fingerprint density at radius 1 is 1.33 bits per heavy atom. The summed E-state index contributed by atoms with van der Waals surface area (Å²) in [6.07, 6.45) is 3.45. The molecule has 0 aromatic carbocycles. The van der Waals surface area contributed by atoms with Crippen LogP contribution in [0.15, 0.2) is 51.8 Å². The molecule has 27 heavy (non-hydrogen) atoms. The molecule has 0 unspecified atom stereocenters. The Labute approximate surface area is 163 Å². The number of Topliss-reactive ketones (excluding diaryl/α,β-unsaturated/α-hetero) is 1. The zero-order chi connectivity index (χ0) is 19.8. The van der Waals surface area contributed by atoms with Crippen molar-refractivity contribution in [3.05, 3.63) is 46.8 Å². The number of quaternary nitrogens is 1. The van der Waals surface area contributed by atoms with Crippen LogP contribution in [0.25, 0.3) is 5.52 Å². The number of carbonyl (C=O) groups is 1. The molecule has 0 saturated heterocycles. The van der Waals surface area contributed by atoms with Crippen molar-refractivity contribution in [2.24, 2.45) is 10.7 Å². The highest BCUT2D eigenvalue weighted by Gasteiger charge is 2.23. The smallest absolute Gasteiger partial charge is 0.260 e. The van der Waals surface area contributed by atoms with Gasteiger partial charge in [-0.2, -0.15) is 0 Å². The third kappa shape index (κ3) is 4.04. The maximum absolute atomic E-state index is 12.0. The number of rotatable bonds is 5. The fourth-order valence-corrected chi connectivity index (χ4v) is 2.80. The summed E-state index contributed by atoms with van der Waals surface area (Å²) < 4.78 is 8.39. The van der Waals surface area contributed by atoms with Crippen molar-refractivity contribution in [1.29, 1.82) is 0 Å². The molecule has 8 heteroatoms. The number of allylic oxidation sites excluding steroid dienone is 3. The van der Waals surface area contributed by atoms with E-state index in [0.717, 1.165) is 16.5 Å². The number of aliphatic imine (C=N–C) groups is 1. The Hall–Kier alpha value is -2.64. The molecule has 0 bridgehead atoms. The SMILES string of the molecule is CC1=CC(=Nc2c(OCC[N+](C)(C)C)nn3ccccc23)C(N)=C(Cl)C1=O. The minimum absolute atomic E-state index is 0.0160. The van der Waals surface area contributed by atoms with Gasteiger partial charge in [-0.05, 0) is 25.1 Å². The highest BCUT2D eigenvalue weighted by atomic mass is 35.5. The maximum Gasteiger partial charge on any atom is 0.260 e. The van der Waals surface area contributed by atoms with E-state index in [4.69, 9.17) is 22.1 Å². The zero-order valence-electron chi connectivity index (χ0n) is 15.9. The summed E-state index contributed by atoms with van der Waals surface area (Å²) in [5.74, 6) is 0.126. The van der Waals surface area contributed by atoms with Crippen molar-refractivity contribution in [2.75, 3.05) is 34.3 Å². The van der Waals surface area contributed by atoms with Gasteiger partial charge in [0.05, 0.1) is 38.1 Å². The number of ether oxygens (including phenoxy) is 1. The van der Waals surface area contributed by atoms with Crippen LogP contribution >= 0.6 is 11.6 Å². The number of fused-ring (bicyclic) bond motifs is 1. The standard InChI is InChI=1S/C19H22ClN5O2/c1-12-11-13(16(21)15(20)18(12)26)22-17-14-7-5-6-8-24(14)23-19(17)27-10-9-25(2,3)4/h5-8,11H,9-10H2,1-4H3,(H-,21,26)/p+1. The highest BCUT2D eigenvalue weighted by Crippen LogP contribution is 2.33. The first-order chi connectivity index (χ1) is 12.7. The van der Waals surface area contributed by atoms with Crippen LogP contribution in [0.2, 0.25) is 0 Å². The van der Waals surface area contributed by atoms with Gasteiger partial charge < -0.3 is 15.0 Å². The molecule has 0 radical (unpaired) electrons. The summed E-state index contributed by atoms with van der Waals surface area (Å²) >= 11 is 6.07. The van der Waals surface area contributed by atoms with Crippen LogP contribution in [0.4, 0.5) is 5.69 Å². The molecule has 142 valence electrons. The molecule has 0 atom stereocenters. The molecule has 0 saturated carbocycles. The normalized spacial score (nSPS) is 17.0. The zero-order valence-corrected chi connectivity index (χ0v) is 16.6. The van der Waals surface area contributed by atoms with Crippen LogP contribution in [0.1, 0.15) is 6.92 Å². The fraction of sp³-hybridized carbons (Fsp3) is 0.316. The van der Waals surface area contributed by atoms with Gasteiger partial charge in [0.25, 0.3) is 5.88 Å². The van der Waals surface area contributed by atoms with Gasteiger partial charge in [0.1, 0.15) is 18.2 Å². The Balaban J connectivity index is 2.05. The molecule has 1 aliphatic rings. The molecule has 0 spiro atoms. The van der Waals surface area contributed by atoms with E-state index >= 15 is 0 Å². The molecule has 3 rings (SSSR count). The van der Waals surface area contributed by atoms with E-state index < -0.39 is 0 Å². The van der Waals surface area contributed by atoms with Gasteiger partial charge >= 0.3 is 0 Å². The number of likely N-dealkylation sites (N-methyl/N-ethyl adjacent to an activating group) is 1. The van der Waals surface area contributed by atoms with Crippen LogP contribution in [0, 0.1) is 0 Å². The average molecular weight is 389 g/mol. The maximum atomic E-state index is 12.0. The number of nitrogens with two attached hydrogens (primary N) is 1. The lowest BCUT2D eigenvalue weighted by Gasteiger charge is -2.23. The lowest BCUT2D eigenvalue weighted by molar-refractivity contribution is -0.870. The number of halogens is 1. The minimum atomic E-state index is -0.285. The minimum Gasteiger partial charge on any atom is -0.469 e. The highest BCUT2D eigenvalue weighted by molar-refractivity contribution is 6.49. The van der Waals surface area contributed by atoms with E-state index in [1.807, 2.05) is 24.4 Å². The van der Waals surface area contributed by atoms with E-state index in [1.54, 1.807) is 17.5 Å². The van der Waals surface area contributed by atoms with Crippen LogP contribution in [-0.2, 0) is 4.79 Å². The predicted octanol–water partition coefficient (Wildman–Crippen LogP) is 2.43. The molecule has 7 nitrogen and oxygen atoms in total. The third-order valence-corrected chi connectivity index (χ3v) is 4.51. The monoisotopic (exact) mass is 388 g/mol. The first kappa shape index (κ1) is 19.1. The predicted molar refractivity (Wildman–Crippen MR) is 107 cm³/mol. The Morgan fingerprint density at radius 2 is 2.07 bits per heavy atom. The topological polar surface area (TPSA) is 82.0 Å². The van der Waals surface area contributed by atoms with Crippen LogP contribution in [-0.4, -0.2) is 59.9 Å². The molecule has 0 fully saturated rings. The summed E-state index contributed by atoms with van der Waals surface area (Å²) in [4.78, 5) is 16.6. The molecule has 1 aliphatic carbocycles. The van der Waals surface area contributed by atoms with Crippen LogP contribution in [0.5, 0.6) is 5.88 Å². The number of hydrogen-bond acceptors (Lipinski definition) is 5. The van der Waals surface area contributed by atoms with Crippen LogP contribution in [0.3, 0.4) is 0 Å². The van der Waals surface area contributed by atoms with Crippen molar-refractivity contribution in [1.82, 2.24) is 9.61 Å². The molecule has 0 aliphatic heterocycles. The van der Waals surface area contributed by atoms with Gasteiger partial charge in [0.2, 0.25) is 5.78 Å². The van der Waals surface area contributed by atoms with Gasteiger partial charge in [0, 0.05) is 11.8 Å². The van der Waals surface area contributed by atoms with Crippen molar-refractivity contribution in [2.45, 2.75) is 6.92 Å². The lowest BCUT2D eigenvalue weighted by atomic mass is 10.0. The Bertz CT molecular complexity index is 995. The van der Waals surface area contributed by atoms with E-state index in [1.165, 1.54) is 0 Å². The fourth-order valence-electron chi connectivity index (χ4n) is 2.55. The van der Waals surface area contributed by atoms with Crippen molar-refractivity contribution < 1.29 is 14.0 Å². The number of hydrogen-bond donors (Lipinski definition) is 1. The van der Waals surface area contributed by atoms with Crippen molar-refractivity contribution >= 4 is 34.3 Å². The number of pyridine rings is 1. The van der Waals surface area contributed by atoms with Gasteiger partial charge in [-0.3, -0.25) is 4.79 Å². The van der Waals surface area contributed by atoms with E-state index in [9.17, 15) is 4.79 Å². The summed E-state index contributed by atoms with van der Waals surface area (Å²) in [7, 11) is 6.27. The number of nitrogens with zero attached hydrogens (tertiary/aromatic N) is 4. The van der Waals surface area contributed by atoms with Crippen LogP contribution < -0.4 is 10.5 Å². The molecule has 2 N–H and O–H groups in total. The number of ketones is 1. The number of aromatic nitrogens is 2. The first-order valence-electron chi connectivity index (χ1n) is 8.55. The van der Waals surface area contributed by atoms with Crippen molar-refractivity contribution in [3.63, 3.8) is 0 Å². The summed E-state index contributed by atoms with van der Waals surface area (Å²) in [5.41, 5.74) is 8.41. The van der Waals surface area contributed by atoms with E-state index in [0.29, 0.717) is 29.5 Å². The number of carbonyl (C=O) groups excluding carboxylic acids is 1. The summed E-state index contributed by atoms with van der Waals surface area (Å²) in [6.45, 7) is 2.98. The second kappa shape index (κ2) is 7.17. The molecule has 0 amide bonds. The quantitative estimate of drug-likeness (QED) is 0.630. The Morgan fingerprint density at radius 3 is 2.78 bits per heavy atom. The van der Waals surface area contributed by atoms with Gasteiger partial charge in [-0.15, -0.1) is 5.10 Å². The largest absolute Gasteiger partial charge is 0.469 e. The lowest BCUT2D eigenvalue weighted by Crippen LogP contribution is -2.38.